The Labute approximate surface area is 127 Å². The number of pyridine rings is 1. The molecule has 1 fully saturated rings. The van der Waals surface area contributed by atoms with Crippen LogP contribution in [0, 0.1) is 25.2 Å². The zero-order valence-electron chi connectivity index (χ0n) is 12.3. The zero-order chi connectivity index (χ0) is 15.6. The summed E-state index contributed by atoms with van der Waals surface area (Å²) in [5, 5.41) is 30.2. The fraction of sp³-hybridized carbons (Fsp3) is 0.375. The summed E-state index contributed by atoms with van der Waals surface area (Å²) < 4.78 is 7.07. The first-order valence-electron chi connectivity index (χ1n) is 7.23. The van der Waals surface area contributed by atoms with Gasteiger partial charge in [-0.05, 0) is 38.3 Å². The Bertz CT molecular complexity index is 791. The van der Waals surface area contributed by atoms with Crippen molar-refractivity contribution in [3.05, 3.63) is 34.0 Å². The van der Waals surface area contributed by atoms with Crippen LogP contribution in [0.4, 0.5) is 0 Å². The molecule has 0 radical (unpaired) electrons. The molecule has 0 unspecified atom stereocenters. The molecule has 0 aromatic carbocycles. The summed E-state index contributed by atoms with van der Waals surface area (Å²) in [6.45, 7) is 3.56. The third kappa shape index (κ3) is 1.49. The summed E-state index contributed by atoms with van der Waals surface area (Å²) in [6.07, 6.45) is 1.42. The summed E-state index contributed by atoms with van der Waals surface area (Å²) in [4.78, 5) is 4.36. The third-order valence-corrected chi connectivity index (χ3v) is 4.58. The van der Waals surface area contributed by atoms with Crippen molar-refractivity contribution in [2.24, 2.45) is 0 Å². The molecular formula is C16H15N3O3. The minimum absolute atomic E-state index is 0.0179. The molecule has 2 N–H and O–H groups in total. The van der Waals surface area contributed by atoms with E-state index in [1.54, 1.807) is 13.0 Å². The first-order chi connectivity index (χ1) is 10.5. The Kier molecular flexibility index (Phi) is 2.54. The molecule has 0 saturated carbocycles. The van der Waals surface area contributed by atoms with E-state index < -0.39 is 0 Å². The van der Waals surface area contributed by atoms with Crippen LogP contribution < -0.4 is 0 Å². The number of ether oxygens (including phenoxy) is 1. The summed E-state index contributed by atoms with van der Waals surface area (Å²) >= 11 is 0. The monoisotopic (exact) mass is 297 g/mol. The number of nitriles is 1. The molecule has 22 heavy (non-hydrogen) atoms. The van der Waals surface area contributed by atoms with Crippen LogP contribution in [0.15, 0.2) is 6.07 Å². The Balaban J connectivity index is 1.94. The maximum atomic E-state index is 10.5. The molecule has 2 atom stereocenters. The Morgan fingerprint density at radius 1 is 1.23 bits per heavy atom. The van der Waals surface area contributed by atoms with Gasteiger partial charge in [0.05, 0.1) is 34.6 Å². The SMILES string of the molecule is Cc1cc(-n2c(O)c3c(c2O)[C@H]2CC[C@@H]3O2)nc(C)c1C#N. The molecule has 0 amide bonds. The fourth-order valence-electron chi connectivity index (χ4n) is 3.59. The molecule has 0 spiro atoms. The van der Waals surface area contributed by atoms with Gasteiger partial charge >= 0.3 is 0 Å². The molecule has 2 aromatic heterocycles. The van der Waals surface area contributed by atoms with Gasteiger partial charge in [0, 0.05) is 0 Å². The average Bonchev–Trinajstić information content (AvgIpc) is 3.12. The van der Waals surface area contributed by atoms with Gasteiger partial charge in [-0.15, -0.1) is 0 Å². The zero-order valence-corrected chi connectivity index (χ0v) is 12.3. The van der Waals surface area contributed by atoms with Crippen molar-refractivity contribution in [2.75, 3.05) is 0 Å². The van der Waals surface area contributed by atoms with Gasteiger partial charge in [-0.3, -0.25) is 0 Å². The van der Waals surface area contributed by atoms with Crippen LogP contribution in [0.5, 0.6) is 11.8 Å². The fourth-order valence-corrected chi connectivity index (χ4v) is 3.59. The molecule has 112 valence electrons. The molecule has 6 nitrogen and oxygen atoms in total. The van der Waals surface area contributed by atoms with Crippen molar-refractivity contribution in [2.45, 2.75) is 38.9 Å². The summed E-state index contributed by atoms with van der Waals surface area (Å²) in [5.74, 6) is 0.379. The van der Waals surface area contributed by atoms with Crippen LogP contribution in [0.25, 0.3) is 5.82 Å². The van der Waals surface area contributed by atoms with Crippen molar-refractivity contribution in [3.63, 3.8) is 0 Å². The lowest BCUT2D eigenvalue weighted by molar-refractivity contribution is 0.0682. The molecule has 2 aliphatic heterocycles. The number of aromatic nitrogens is 2. The summed E-state index contributed by atoms with van der Waals surface area (Å²) in [5.41, 5.74) is 3.21. The molecule has 4 heterocycles. The maximum absolute atomic E-state index is 10.5. The van der Waals surface area contributed by atoms with E-state index in [1.165, 1.54) is 4.57 Å². The lowest BCUT2D eigenvalue weighted by Crippen LogP contribution is -2.03. The second kappa shape index (κ2) is 4.24. The summed E-state index contributed by atoms with van der Waals surface area (Å²) in [6, 6.07) is 3.82. The number of aryl methyl sites for hydroxylation is 2. The maximum Gasteiger partial charge on any atom is 0.206 e. The number of fused-ring (bicyclic) bond motifs is 5. The number of hydrogen-bond acceptors (Lipinski definition) is 5. The normalized spacial score (nSPS) is 21.9. The summed E-state index contributed by atoms with van der Waals surface area (Å²) in [7, 11) is 0. The van der Waals surface area contributed by atoms with Gasteiger partial charge in [-0.2, -0.15) is 5.26 Å². The standard InChI is InChI=1S/C16H15N3O3/c1-7-5-12(18-8(2)9(7)6-17)19-15(20)13-10-3-4-11(22-10)14(13)16(19)21/h5,10-11,20-21H,3-4H2,1-2H3/t10-,11+. The van der Waals surface area contributed by atoms with E-state index in [2.05, 4.69) is 11.1 Å². The second-order valence-electron chi connectivity index (χ2n) is 5.87. The van der Waals surface area contributed by atoms with E-state index in [1.807, 2.05) is 6.92 Å². The molecule has 4 rings (SSSR count). The van der Waals surface area contributed by atoms with E-state index in [0.29, 0.717) is 28.2 Å². The molecular weight excluding hydrogens is 282 g/mol. The minimum atomic E-state index is -0.146. The average molecular weight is 297 g/mol. The highest BCUT2D eigenvalue weighted by Crippen LogP contribution is 2.58. The van der Waals surface area contributed by atoms with Crippen molar-refractivity contribution in [1.29, 1.82) is 5.26 Å². The van der Waals surface area contributed by atoms with Gasteiger partial charge in [0.15, 0.2) is 0 Å². The minimum Gasteiger partial charge on any atom is -0.494 e. The van der Waals surface area contributed by atoms with E-state index in [-0.39, 0.29) is 24.0 Å². The van der Waals surface area contributed by atoms with E-state index >= 15 is 0 Å². The van der Waals surface area contributed by atoms with Crippen LogP contribution in [0.2, 0.25) is 0 Å². The molecule has 0 aliphatic carbocycles. The first kappa shape index (κ1) is 13.2. The van der Waals surface area contributed by atoms with Gasteiger partial charge in [0.2, 0.25) is 11.8 Å². The van der Waals surface area contributed by atoms with Crippen LogP contribution in [0.3, 0.4) is 0 Å². The predicted molar refractivity (Wildman–Crippen MR) is 76.9 cm³/mol. The molecule has 6 heteroatoms. The molecule has 2 bridgehead atoms. The van der Waals surface area contributed by atoms with Crippen molar-refractivity contribution in [3.8, 4) is 23.6 Å². The number of nitrogens with zero attached hydrogens (tertiary/aromatic N) is 3. The van der Waals surface area contributed by atoms with Gasteiger partial charge < -0.3 is 14.9 Å². The molecule has 2 aromatic rings. The quantitative estimate of drug-likeness (QED) is 0.844. The number of hydrogen-bond donors (Lipinski definition) is 2. The van der Waals surface area contributed by atoms with E-state index in [0.717, 1.165) is 18.4 Å². The third-order valence-electron chi connectivity index (χ3n) is 4.58. The Hall–Kier alpha value is -2.52. The van der Waals surface area contributed by atoms with Crippen LogP contribution in [0.1, 0.15) is 53.0 Å². The van der Waals surface area contributed by atoms with Gasteiger partial charge in [-0.1, -0.05) is 0 Å². The lowest BCUT2D eigenvalue weighted by atomic mass is 9.95. The van der Waals surface area contributed by atoms with Gasteiger partial charge in [-0.25, -0.2) is 9.55 Å². The topological polar surface area (TPSA) is 91.3 Å². The highest BCUT2D eigenvalue weighted by Gasteiger charge is 2.45. The van der Waals surface area contributed by atoms with Crippen molar-refractivity contribution < 1.29 is 14.9 Å². The van der Waals surface area contributed by atoms with Crippen LogP contribution in [-0.2, 0) is 4.74 Å². The van der Waals surface area contributed by atoms with Crippen LogP contribution >= 0.6 is 0 Å². The van der Waals surface area contributed by atoms with E-state index in [4.69, 9.17) is 10.00 Å². The van der Waals surface area contributed by atoms with Crippen molar-refractivity contribution >= 4 is 0 Å². The highest BCUT2D eigenvalue weighted by molar-refractivity contribution is 5.57. The predicted octanol–water partition coefficient (Wildman–Crippen LogP) is 2.68. The lowest BCUT2D eigenvalue weighted by Gasteiger charge is -2.12. The van der Waals surface area contributed by atoms with Crippen LogP contribution in [-0.4, -0.2) is 19.8 Å². The first-order valence-corrected chi connectivity index (χ1v) is 7.23. The Morgan fingerprint density at radius 2 is 1.82 bits per heavy atom. The molecule has 1 saturated heterocycles. The van der Waals surface area contributed by atoms with Gasteiger partial charge in [0.25, 0.3) is 0 Å². The Morgan fingerprint density at radius 3 is 2.32 bits per heavy atom. The largest absolute Gasteiger partial charge is 0.494 e. The smallest absolute Gasteiger partial charge is 0.206 e. The van der Waals surface area contributed by atoms with Crippen molar-refractivity contribution in [1.82, 2.24) is 9.55 Å². The number of rotatable bonds is 1. The molecule has 2 aliphatic rings. The highest BCUT2D eigenvalue weighted by atomic mass is 16.5. The van der Waals surface area contributed by atoms with E-state index in [9.17, 15) is 10.2 Å². The number of aromatic hydroxyl groups is 2. The second-order valence-corrected chi connectivity index (χ2v) is 5.87. The van der Waals surface area contributed by atoms with Gasteiger partial charge in [0.1, 0.15) is 11.9 Å².